The topological polar surface area (TPSA) is 55.6 Å². The van der Waals surface area contributed by atoms with Gasteiger partial charge >= 0.3 is 6.09 Å². The highest BCUT2D eigenvalue weighted by molar-refractivity contribution is 5.68. The first-order valence-corrected chi connectivity index (χ1v) is 7.01. The highest BCUT2D eigenvalue weighted by atomic mass is 19.1. The zero-order valence-corrected chi connectivity index (χ0v) is 11.5. The van der Waals surface area contributed by atoms with Gasteiger partial charge in [-0.25, -0.2) is 9.18 Å². The molecule has 1 aliphatic carbocycles. The number of ether oxygens (including phenoxy) is 1. The molecule has 0 radical (unpaired) electrons. The molecule has 0 bridgehead atoms. The van der Waals surface area contributed by atoms with E-state index in [1.54, 1.807) is 0 Å². The molecule has 1 aromatic rings. The summed E-state index contributed by atoms with van der Waals surface area (Å²) in [5.74, 6) is 0. The summed E-state index contributed by atoms with van der Waals surface area (Å²) in [5.41, 5.74) is 6.90. The molecule has 2 N–H and O–H groups in total. The normalized spacial score (nSPS) is 21.7. The number of hydrogen-bond donors (Lipinski definition) is 1. The van der Waals surface area contributed by atoms with Crippen LogP contribution < -0.4 is 5.73 Å². The van der Waals surface area contributed by atoms with Crippen molar-refractivity contribution < 1.29 is 13.9 Å². The first-order valence-electron chi connectivity index (χ1n) is 7.01. The van der Waals surface area contributed by atoms with Crippen LogP contribution in [0.15, 0.2) is 30.3 Å². The quantitative estimate of drug-likeness (QED) is 0.901. The van der Waals surface area contributed by atoms with Crippen LogP contribution in [0.4, 0.5) is 9.18 Å². The van der Waals surface area contributed by atoms with Crippen LogP contribution in [0.2, 0.25) is 0 Å². The Labute approximate surface area is 118 Å². The van der Waals surface area contributed by atoms with Crippen molar-refractivity contribution in [2.75, 3.05) is 13.2 Å². The van der Waals surface area contributed by atoms with Gasteiger partial charge in [-0.2, -0.15) is 0 Å². The number of nitrogens with zero attached hydrogens (tertiary/aromatic N) is 1. The molecule has 1 fully saturated rings. The van der Waals surface area contributed by atoms with Gasteiger partial charge < -0.3 is 15.4 Å². The second kappa shape index (κ2) is 7.24. The first-order chi connectivity index (χ1) is 9.72. The maximum absolute atomic E-state index is 12.7. The van der Waals surface area contributed by atoms with E-state index in [0.717, 1.165) is 24.8 Å². The van der Waals surface area contributed by atoms with Gasteiger partial charge in [0.25, 0.3) is 0 Å². The Hall–Kier alpha value is -1.62. The molecule has 0 spiro atoms. The van der Waals surface area contributed by atoms with Crippen molar-refractivity contribution in [2.45, 2.75) is 38.0 Å². The largest absolute Gasteiger partial charge is 0.445 e. The van der Waals surface area contributed by atoms with Gasteiger partial charge in [0, 0.05) is 6.04 Å². The van der Waals surface area contributed by atoms with Gasteiger partial charge in [-0.15, -0.1) is 0 Å². The van der Waals surface area contributed by atoms with E-state index < -0.39 is 12.8 Å². The number of carbonyl (C=O) groups excluding carboxylic acids is 1. The van der Waals surface area contributed by atoms with E-state index in [1.807, 2.05) is 30.3 Å². The summed E-state index contributed by atoms with van der Waals surface area (Å²) in [4.78, 5) is 13.6. The van der Waals surface area contributed by atoms with E-state index in [-0.39, 0.29) is 25.2 Å². The Morgan fingerprint density at radius 3 is 2.70 bits per heavy atom. The molecular weight excluding hydrogens is 259 g/mol. The lowest BCUT2D eigenvalue weighted by molar-refractivity contribution is 0.0753. The number of halogens is 1. The SMILES string of the molecule is N[C@H]1CCCC1N(CCF)C(=O)OCc1ccccc1. The van der Waals surface area contributed by atoms with E-state index in [1.165, 1.54) is 4.90 Å². The molecular formula is C15H21FN2O2. The zero-order valence-electron chi connectivity index (χ0n) is 11.5. The van der Waals surface area contributed by atoms with E-state index in [4.69, 9.17) is 10.5 Å². The minimum atomic E-state index is -0.580. The number of benzene rings is 1. The highest BCUT2D eigenvalue weighted by Crippen LogP contribution is 2.23. The third-order valence-electron chi connectivity index (χ3n) is 3.70. The Kier molecular flexibility index (Phi) is 5.35. The van der Waals surface area contributed by atoms with Gasteiger partial charge in [0.05, 0.1) is 12.6 Å². The molecule has 1 amide bonds. The monoisotopic (exact) mass is 280 g/mol. The number of nitrogens with two attached hydrogens (primary N) is 1. The van der Waals surface area contributed by atoms with Crippen LogP contribution in [0, 0.1) is 0 Å². The van der Waals surface area contributed by atoms with E-state index in [9.17, 15) is 9.18 Å². The number of alkyl halides is 1. The smallest absolute Gasteiger partial charge is 0.410 e. The number of rotatable bonds is 5. The molecule has 0 aliphatic heterocycles. The van der Waals surface area contributed by atoms with Crippen LogP contribution in [0.3, 0.4) is 0 Å². The molecule has 4 nitrogen and oxygen atoms in total. The fourth-order valence-electron chi connectivity index (χ4n) is 2.64. The predicted octanol–water partition coefficient (Wildman–Crippen LogP) is 2.47. The fourth-order valence-corrected chi connectivity index (χ4v) is 2.64. The van der Waals surface area contributed by atoms with E-state index >= 15 is 0 Å². The summed E-state index contributed by atoms with van der Waals surface area (Å²) in [6.45, 7) is -0.333. The van der Waals surface area contributed by atoms with Crippen molar-refractivity contribution in [1.82, 2.24) is 4.90 Å². The molecule has 0 heterocycles. The summed E-state index contributed by atoms with van der Waals surface area (Å²) < 4.78 is 17.9. The lowest BCUT2D eigenvalue weighted by Crippen LogP contribution is -2.48. The second-order valence-electron chi connectivity index (χ2n) is 5.08. The molecule has 1 unspecified atom stereocenters. The molecule has 5 heteroatoms. The van der Waals surface area contributed by atoms with Crippen molar-refractivity contribution in [3.8, 4) is 0 Å². The van der Waals surface area contributed by atoms with Crippen molar-refractivity contribution >= 4 is 6.09 Å². The number of carbonyl (C=O) groups is 1. The molecule has 110 valence electrons. The van der Waals surface area contributed by atoms with E-state index in [0.29, 0.717) is 0 Å². The standard InChI is InChI=1S/C15H21FN2O2/c16-9-10-18(14-8-4-7-13(14)17)15(19)20-11-12-5-2-1-3-6-12/h1-3,5-6,13-14H,4,7-11,17H2/t13-,14?/m0/s1. The summed E-state index contributed by atoms with van der Waals surface area (Å²) in [6.07, 6.45) is 2.19. The maximum Gasteiger partial charge on any atom is 0.410 e. The van der Waals surface area contributed by atoms with Crippen LogP contribution >= 0.6 is 0 Å². The van der Waals surface area contributed by atoms with Crippen LogP contribution in [-0.2, 0) is 11.3 Å². The molecule has 20 heavy (non-hydrogen) atoms. The number of hydrogen-bond acceptors (Lipinski definition) is 3. The molecule has 2 rings (SSSR count). The van der Waals surface area contributed by atoms with Crippen LogP contribution in [0.1, 0.15) is 24.8 Å². The molecule has 2 atom stereocenters. The van der Waals surface area contributed by atoms with E-state index in [2.05, 4.69) is 0 Å². The Morgan fingerprint density at radius 2 is 2.10 bits per heavy atom. The Bertz CT molecular complexity index is 427. The summed E-state index contributed by atoms with van der Waals surface area (Å²) in [5, 5.41) is 0. The van der Waals surface area contributed by atoms with Crippen molar-refractivity contribution in [2.24, 2.45) is 5.73 Å². The van der Waals surface area contributed by atoms with Gasteiger partial charge in [0.15, 0.2) is 0 Å². The minimum Gasteiger partial charge on any atom is -0.445 e. The van der Waals surface area contributed by atoms with Crippen LogP contribution in [0.25, 0.3) is 0 Å². The predicted molar refractivity (Wildman–Crippen MR) is 74.9 cm³/mol. The molecule has 1 saturated carbocycles. The van der Waals surface area contributed by atoms with Gasteiger partial charge in [0.2, 0.25) is 0 Å². The average molecular weight is 280 g/mol. The van der Waals surface area contributed by atoms with Gasteiger partial charge in [0.1, 0.15) is 13.3 Å². The van der Waals surface area contributed by atoms with Gasteiger partial charge in [-0.1, -0.05) is 30.3 Å². The molecule has 0 aromatic heterocycles. The lowest BCUT2D eigenvalue weighted by atomic mass is 10.1. The van der Waals surface area contributed by atoms with Crippen LogP contribution in [0.5, 0.6) is 0 Å². The average Bonchev–Trinajstić information content (AvgIpc) is 2.89. The third-order valence-corrected chi connectivity index (χ3v) is 3.70. The summed E-state index contributed by atoms with van der Waals surface area (Å²) in [6, 6.07) is 9.26. The van der Waals surface area contributed by atoms with Gasteiger partial charge in [-0.3, -0.25) is 0 Å². The third kappa shape index (κ3) is 3.70. The van der Waals surface area contributed by atoms with Crippen molar-refractivity contribution in [1.29, 1.82) is 0 Å². The Balaban J connectivity index is 1.93. The second-order valence-corrected chi connectivity index (χ2v) is 5.08. The molecule has 0 saturated heterocycles. The highest BCUT2D eigenvalue weighted by Gasteiger charge is 2.33. The molecule has 1 aliphatic rings. The number of amides is 1. The van der Waals surface area contributed by atoms with Crippen LogP contribution in [-0.4, -0.2) is 36.3 Å². The molecule has 1 aromatic carbocycles. The fraction of sp³-hybridized carbons (Fsp3) is 0.533. The lowest BCUT2D eigenvalue weighted by Gasteiger charge is -2.30. The summed E-state index contributed by atoms with van der Waals surface area (Å²) >= 11 is 0. The summed E-state index contributed by atoms with van der Waals surface area (Å²) in [7, 11) is 0. The minimum absolute atomic E-state index is 0.0476. The Morgan fingerprint density at radius 1 is 1.35 bits per heavy atom. The van der Waals surface area contributed by atoms with Crippen molar-refractivity contribution in [3.05, 3.63) is 35.9 Å². The zero-order chi connectivity index (χ0) is 14.4. The maximum atomic E-state index is 12.7. The first kappa shape index (κ1) is 14.8. The van der Waals surface area contributed by atoms with Crippen molar-refractivity contribution in [3.63, 3.8) is 0 Å². The van der Waals surface area contributed by atoms with Gasteiger partial charge in [-0.05, 0) is 24.8 Å².